The molecule has 4 aromatic carbocycles. The molecular formula is C30H27N3O6S. The predicted molar refractivity (Wildman–Crippen MR) is 152 cm³/mol. The third kappa shape index (κ3) is 6.66. The SMILES string of the molecule is COC(=O)[C@@H](N=C(c1ccccc1)c1ccccc1)[C@H](NS(=O)(=O)c1ccc(C)cc1)c1cccc([N+](=O)[O-])c1. The number of sulfonamides is 1. The minimum atomic E-state index is -4.21. The standard InChI is InChI=1S/C30H27N3O6S/c1-21-16-18-26(19-17-21)40(37,38)32-28(24-14-9-15-25(20-24)33(35)36)29(30(34)39-2)31-27(22-10-5-3-6-11-22)23-12-7-4-8-13-23/h3-20,28-29,32H,1-2H3/t28-,29+/m1/s1. The number of aryl methyl sites for hydroxylation is 1. The number of nitrogens with one attached hydrogen (secondary N) is 1. The minimum absolute atomic E-state index is 0.0348. The largest absolute Gasteiger partial charge is 0.467 e. The number of methoxy groups -OCH3 is 1. The molecule has 0 bridgehead atoms. The fraction of sp³-hybridized carbons (Fsp3) is 0.133. The number of nitro groups is 1. The molecule has 0 amide bonds. The number of hydrogen-bond acceptors (Lipinski definition) is 7. The van der Waals surface area contributed by atoms with Gasteiger partial charge in [0, 0.05) is 23.3 Å². The Bertz CT molecular complexity index is 1580. The Balaban J connectivity index is 1.93. The molecule has 1 N–H and O–H groups in total. The minimum Gasteiger partial charge on any atom is -0.467 e. The molecule has 0 aliphatic heterocycles. The smallest absolute Gasteiger partial charge is 0.332 e. The first kappa shape index (κ1) is 28.3. The fourth-order valence-corrected chi connectivity index (χ4v) is 5.36. The highest BCUT2D eigenvalue weighted by molar-refractivity contribution is 7.89. The second kappa shape index (κ2) is 12.5. The van der Waals surface area contributed by atoms with Crippen molar-refractivity contribution in [3.8, 4) is 0 Å². The molecule has 204 valence electrons. The highest BCUT2D eigenvalue weighted by atomic mass is 32.2. The van der Waals surface area contributed by atoms with E-state index in [-0.39, 0.29) is 16.1 Å². The highest BCUT2D eigenvalue weighted by Gasteiger charge is 2.35. The summed E-state index contributed by atoms with van der Waals surface area (Å²) >= 11 is 0. The maximum atomic E-state index is 13.5. The van der Waals surface area contributed by atoms with Crippen LogP contribution in [0, 0.1) is 17.0 Å². The lowest BCUT2D eigenvalue weighted by Crippen LogP contribution is -2.40. The number of hydrogen-bond donors (Lipinski definition) is 1. The van der Waals surface area contributed by atoms with E-state index >= 15 is 0 Å². The Morgan fingerprint density at radius 3 is 1.98 bits per heavy atom. The number of esters is 1. The van der Waals surface area contributed by atoms with E-state index in [9.17, 15) is 23.3 Å². The summed E-state index contributed by atoms with van der Waals surface area (Å²) in [6.07, 6.45) is 0. The molecular weight excluding hydrogens is 530 g/mol. The van der Waals surface area contributed by atoms with Gasteiger partial charge >= 0.3 is 5.97 Å². The van der Waals surface area contributed by atoms with E-state index in [2.05, 4.69) is 4.72 Å². The third-order valence-corrected chi connectivity index (χ3v) is 7.63. The lowest BCUT2D eigenvalue weighted by Gasteiger charge is -2.25. The van der Waals surface area contributed by atoms with Gasteiger partial charge in [-0.2, -0.15) is 0 Å². The summed E-state index contributed by atoms with van der Waals surface area (Å²) in [5.74, 6) is -0.826. The van der Waals surface area contributed by atoms with Crippen molar-refractivity contribution in [2.24, 2.45) is 4.99 Å². The zero-order valence-electron chi connectivity index (χ0n) is 21.8. The van der Waals surface area contributed by atoms with Crippen molar-refractivity contribution in [2.45, 2.75) is 23.9 Å². The zero-order valence-corrected chi connectivity index (χ0v) is 22.6. The summed E-state index contributed by atoms with van der Waals surface area (Å²) in [4.78, 5) is 29.0. The van der Waals surface area contributed by atoms with Crippen molar-refractivity contribution in [3.05, 3.63) is 142 Å². The number of rotatable bonds is 10. The summed E-state index contributed by atoms with van der Waals surface area (Å²) in [5, 5.41) is 11.6. The van der Waals surface area contributed by atoms with Crippen molar-refractivity contribution < 1.29 is 22.9 Å². The van der Waals surface area contributed by atoms with Crippen LogP contribution in [0.4, 0.5) is 5.69 Å². The molecule has 40 heavy (non-hydrogen) atoms. The topological polar surface area (TPSA) is 128 Å². The fourth-order valence-electron chi connectivity index (χ4n) is 4.13. The molecule has 4 rings (SSSR count). The summed E-state index contributed by atoms with van der Waals surface area (Å²) in [5.41, 5.74) is 2.55. The molecule has 0 aliphatic rings. The van der Waals surface area contributed by atoms with Gasteiger partial charge in [-0.3, -0.25) is 15.1 Å². The van der Waals surface area contributed by atoms with Crippen LogP contribution in [0.15, 0.2) is 119 Å². The Morgan fingerprint density at radius 2 is 1.45 bits per heavy atom. The highest BCUT2D eigenvalue weighted by Crippen LogP contribution is 2.28. The Hall–Kier alpha value is -4.67. The number of carbonyl (C=O) groups excluding carboxylic acids is 1. The monoisotopic (exact) mass is 557 g/mol. The van der Waals surface area contributed by atoms with Gasteiger partial charge in [0.15, 0.2) is 6.04 Å². The van der Waals surface area contributed by atoms with Crippen molar-refractivity contribution in [2.75, 3.05) is 7.11 Å². The van der Waals surface area contributed by atoms with Gasteiger partial charge in [0.25, 0.3) is 5.69 Å². The van der Waals surface area contributed by atoms with Crippen LogP contribution in [-0.4, -0.2) is 38.2 Å². The molecule has 0 saturated heterocycles. The van der Waals surface area contributed by atoms with Crippen LogP contribution in [0.25, 0.3) is 0 Å². The summed E-state index contributed by atoms with van der Waals surface area (Å²) in [6, 6.07) is 27.1. The Labute approximate surface area is 232 Å². The molecule has 0 fully saturated rings. The molecule has 0 saturated carbocycles. The lowest BCUT2D eigenvalue weighted by molar-refractivity contribution is -0.384. The van der Waals surface area contributed by atoms with Crippen LogP contribution in [0.5, 0.6) is 0 Å². The number of nitro benzene ring substituents is 1. The number of benzene rings is 4. The maximum Gasteiger partial charge on any atom is 0.332 e. The molecule has 0 radical (unpaired) electrons. The molecule has 10 heteroatoms. The normalized spacial score (nSPS) is 12.7. The van der Waals surface area contributed by atoms with Gasteiger partial charge in [-0.25, -0.2) is 17.9 Å². The first-order valence-corrected chi connectivity index (χ1v) is 13.8. The maximum absolute atomic E-state index is 13.5. The quantitative estimate of drug-likeness (QED) is 0.126. The van der Waals surface area contributed by atoms with Gasteiger partial charge in [0.05, 0.1) is 28.7 Å². The summed E-state index contributed by atoms with van der Waals surface area (Å²) < 4.78 is 34.7. The number of aliphatic imine (C=N–C) groups is 1. The van der Waals surface area contributed by atoms with E-state index in [1.54, 1.807) is 12.1 Å². The predicted octanol–water partition coefficient (Wildman–Crippen LogP) is 5.00. The van der Waals surface area contributed by atoms with Gasteiger partial charge in [-0.05, 0) is 24.6 Å². The molecule has 0 unspecified atom stereocenters. The summed E-state index contributed by atoms with van der Waals surface area (Å²) in [7, 11) is -3.03. The van der Waals surface area contributed by atoms with Crippen molar-refractivity contribution in [3.63, 3.8) is 0 Å². The van der Waals surface area contributed by atoms with Gasteiger partial charge in [0.2, 0.25) is 10.0 Å². The van der Waals surface area contributed by atoms with Crippen molar-refractivity contribution in [1.82, 2.24) is 4.72 Å². The average Bonchev–Trinajstić information content (AvgIpc) is 2.97. The Morgan fingerprint density at radius 1 is 0.875 bits per heavy atom. The zero-order chi connectivity index (χ0) is 28.7. The van der Waals surface area contributed by atoms with Gasteiger partial charge in [-0.1, -0.05) is 90.5 Å². The van der Waals surface area contributed by atoms with Gasteiger partial charge < -0.3 is 4.74 Å². The Kier molecular flexibility index (Phi) is 8.83. The third-order valence-electron chi connectivity index (χ3n) is 6.17. The molecule has 2 atom stereocenters. The first-order valence-electron chi connectivity index (χ1n) is 12.3. The van der Waals surface area contributed by atoms with Crippen LogP contribution in [0.1, 0.15) is 28.3 Å². The van der Waals surface area contributed by atoms with E-state index in [0.717, 1.165) is 5.56 Å². The van der Waals surface area contributed by atoms with E-state index in [4.69, 9.17) is 9.73 Å². The second-order valence-corrected chi connectivity index (χ2v) is 10.7. The van der Waals surface area contributed by atoms with E-state index in [0.29, 0.717) is 16.8 Å². The molecule has 0 heterocycles. The average molecular weight is 558 g/mol. The molecule has 0 spiro atoms. The number of ether oxygens (including phenoxy) is 1. The first-order chi connectivity index (χ1) is 19.2. The van der Waals surface area contributed by atoms with E-state index < -0.39 is 33.0 Å². The number of nitrogens with zero attached hydrogens (tertiary/aromatic N) is 2. The number of non-ortho nitro benzene ring substituents is 1. The van der Waals surface area contributed by atoms with Gasteiger partial charge in [-0.15, -0.1) is 0 Å². The van der Waals surface area contributed by atoms with Crippen LogP contribution < -0.4 is 4.72 Å². The molecule has 0 aromatic heterocycles. The van der Waals surface area contributed by atoms with E-state index in [1.807, 2.05) is 67.6 Å². The van der Waals surface area contributed by atoms with Gasteiger partial charge in [0.1, 0.15) is 0 Å². The van der Waals surface area contributed by atoms with Crippen LogP contribution in [0.3, 0.4) is 0 Å². The van der Waals surface area contributed by atoms with Crippen LogP contribution in [0.2, 0.25) is 0 Å². The van der Waals surface area contributed by atoms with Crippen LogP contribution >= 0.6 is 0 Å². The number of carbonyl (C=O) groups is 1. The van der Waals surface area contributed by atoms with Crippen molar-refractivity contribution >= 4 is 27.4 Å². The molecule has 4 aromatic rings. The lowest BCUT2D eigenvalue weighted by atomic mass is 9.97. The molecule has 9 nitrogen and oxygen atoms in total. The van der Waals surface area contributed by atoms with Crippen LogP contribution in [-0.2, 0) is 19.6 Å². The second-order valence-electron chi connectivity index (χ2n) is 8.94. The van der Waals surface area contributed by atoms with E-state index in [1.165, 1.54) is 43.5 Å². The summed E-state index contributed by atoms with van der Waals surface area (Å²) in [6.45, 7) is 1.83. The van der Waals surface area contributed by atoms with Crippen molar-refractivity contribution in [1.29, 1.82) is 0 Å². The molecule has 0 aliphatic carbocycles.